The maximum atomic E-state index is 12.2. The van der Waals surface area contributed by atoms with E-state index >= 15 is 0 Å². The summed E-state index contributed by atoms with van der Waals surface area (Å²) in [6.07, 6.45) is 1.39. The van der Waals surface area contributed by atoms with Crippen molar-refractivity contribution in [3.63, 3.8) is 0 Å². The van der Waals surface area contributed by atoms with Crippen LogP contribution in [0.1, 0.15) is 15.9 Å². The fourth-order valence-electron chi connectivity index (χ4n) is 1.56. The SMILES string of the molecule is Cc1cc(Br)c(NC(=O)c2cc(N)cnc2Cl)cc1Cl. The molecule has 1 heterocycles. The molecule has 0 atom stereocenters. The van der Waals surface area contributed by atoms with E-state index < -0.39 is 5.91 Å². The van der Waals surface area contributed by atoms with E-state index in [1.165, 1.54) is 12.3 Å². The summed E-state index contributed by atoms with van der Waals surface area (Å²) in [4.78, 5) is 16.0. The van der Waals surface area contributed by atoms with Gasteiger partial charge in [0.15, 0.2) is 0 Å². The first-order valence-corrected chi connectivity index (χ1v) is 7.11. The van der Waals surface area contributed by atoms with E-state index in [0.717, 1.165) is 10.0 Å². The second kappa shape index (κ2) is 5.99. The number of halogens is 3. The van der Waals surface area contributed by atoms with Crippen LogP contribution in [0.3, 0.4) is 0 Å². The van der Waals surface area contributed by atoms with Crippen LogP contribution in [0.4, 0.5) is 11.4 Å². The monoisotopic (exact) mass is 373 g/mol. The fourth-order valence-corrected chi connectivity index (χ4v) is 2.46. The normalized spacial score (nSPS) is 10.4. The number of amides is 1. The Bertz CT molecular complexity index is 692. The van der Waals surface area contributed by atoms with E-state index in [-0.39, 0.29) is 10.7 Å². The number of anilines is 2. The Balaban J connectivity index is 2.32. The Morgan fingerprint density at radius 1 is 1.35 bits per heavy atom. The van der Waals surface area contributed by atoms with Crippen molar-refractivity contribution >= 4 is 56.4 Å². The standard InChI is InChI=1S/C13H10BrCl2N3O/c1-6-2-9(14)11(4-10(6)15)19-13(20)8-3-7(17)5-18-12(8)16/h2-5H,17H2,1H3,(H,19,20). The number of hydrogen-bond donors (Lipinski definition) is 2. The molecule has 2 rings (SSSR count). The zero-order valence-electron chi connectivity index (χ0n) is 10.4. The summed E-state index contributed by atoms with van der Waals surface area (Å²) in [6.45, 7) is 1.87. The highest BCUT2D eigenvalue weighted by molar-refractivity contribution is 9.10. The van der Waals surface area contributed by atoms with Crippen molar-refractivity contribution in [3.8, 4) is 0 Å². The van der Waals surface area contributed by atoms with Gasteiger partial charge in [-0.1, -0.05) is 23.2 Å². The first-order chi connectivity index (χ1) is 9.38. The smallest absolute Gasteiger partial charge is 0.258 e. The molecular weight excluding hydrogens is 365 g/mol. The van der Waals surface area contributed by atoms with Crippen LogP contribution in [0, 0.1) is 6.92 Å². The van der Waals surface area contributed by atoms with Gasteiger partial charge in [0, 0.05) is 9.50 Å². The minimum Gasteiger partial charge on any atom is -0.397 e. The lowest BCUT2D eigenvalue weighted by atomic mass is 10.2. The molecule has 0 saturated heterocycles. The van der Waals surface area contributed by atoms with Crippen molar-refractivity contribution in [2.75, 3.05) is 11.1 Å². The topological polar surface area (TPSA) is 68.0 Å². The van der Waals surface area contributed by atoms with Gasteiger partial charge in [0.05, 0.1) is 23.1 Å². The highest BCUT2D eigenvalue weighted by Crippen LogP contribution is 2.30. The number of nitrogens with one attached hydrogen (secondary N) is 1. The first-order valence-electron chi connectivity index (χ1n) is 5.56. The Hall–Kier alpha value is -1.30. The van der Waals surface area contributed by atoms with Crippen LogP contribution in [-0.2, 0) is 0 Å². The van der Waals surface area contributed by atoms with E-state index in [9.17, 15) is 4.79 Å². The minimum absolute atomic E-state index is 0.0889. The Kier molecular flexibility index (Phi) is 4.52. The fraction of sp³-hybridized carbons (Fsp3) is 0.0769. The molecule has 0 unspecified atom stereocenters. The van der Waals surface area contributed by atoms with Gasteiger partial charge in [0.25, 0.3) is 5.91 Å². The van der Waals surface area contributed by atoms with E-state index in [2.05, 4.69) is 26.2 Å². The van der Waals surface area contributed by atoms with Gasteiger partial charge in [-0.2, -0.15) is 0 Å². The average Bonchev–Trinajstić information content (AvgIpc) is 2.38. The van der Waals surface area contributed by atoms with Gasteiger partial charge in [-0.15, -0.1) is 0 Å². The molecule has 0 aliphatic rings. The number of carbonyl (C=O) groups excluding carboxylic acids is 1. The Labute approximate surface area is 134 Å². The van der Waals surface area contributed by atoms with Crippen molar-refractivity contribution in [2.45, 2.75) is 6.92 Å². The summed E-state index contributed by atoms with van der Waals surface area (Å²) in [7, 11) is 0. The average molecular weight is 375 g/mol. The van der Waals surface area contributed by atoms with Crippen LogP contribution >= 0.6 is 39.1 Å². The zero-order valence-corrected chi connectivity index (χ0v) is 13.5. The van der Waals surface area contributed by atoms with Crippen LogP contribution in [-0.4, -0.2) is 10.9 Å². The minimum atomic E-state index is -0.407. The molecule has 3 N–H and O–H groups in total. The third kappa shape index (κ3) is 3.23. The van der Waals surface area contributed by atoms with E-state index in [1.54, 1.807) is 6.07 Å². The quantitative estimate of drug-likeness (QED) is 0.770. The molecule has 104 valence electrons. The van der Waals surface area contributed by atoms with Gasteiger partial charge in [-0.05, 0) is 46.6 Å². The molecule has 1 aromatic heterocycles. The predicted octanol–water partition coefficient (Wildman–Crippen LogP) is 4.29. The molecule has 7 heteroatoms. The van der Waals surface area contributed by atoms with E-state index in [0.29, 0.717) is 16.4 Å². The van der Waals surface area contributed by atoms with Gasteiger partial charge < -0.3 is 11.1 Å². The maximum Gasteiger partial charge on any atom is 0.258 e. The molecule has 0 aliphatic carbocycles. The number of rotatable bonds is 2. The molecule has 0 saturated carbocycles. The third-order valence-corrected chi connectivity index (χ3v) is 3.97. The highest BCUT2D eigenvalue weighted by atomic mass is 79.9. The number of nitrogens with zero attached hydrogens (tertiary/aromatic N) is 1. The van der Waals surface area contributed by atoms with Gasteiger partial charge >= 0.3 is 0 Å². The lowest BCUT2D eigenvalue weighted by Gasteiger charge is -2.10. The summed E-state index contributed by atoms with van der Waals surface area (Å²) in [5.74, 6) is -0.407. The van der Waals surface area contributed by atoms with Gasteiger partial charge in [0.1, 0.15) is 5.15 Å². The number of aryl methyl sites for hydroxylation is 1. The maximum absolute atomic E-state index is 12.2. The van der Waals surface area contributed by atoms with Crippen molar-refractivity contribution < 1.29 is 4.79 Å². The molecule has 1 amide bonds. The number of hydrogen-bond acceptors (Lipinski definition) is 3. The van der Waals surface area contributed by atoms with E-state index in [1.807, 2.05) is 13.0 Å². The summed E-state index contributed by atoms with van der Waals surface area (Å²) in [6, 6.07) is 4.94. The second-order valence-corrected chi connectivity index (χ2v) is 5.76. The third-order valence-electron chi connectivity index (χ3n) is 2.60. The number of nitrogens with two attached hydrogens (primary N) is 1. The Morgan fingerprint density at radius 2 is 2.05 bits per heavy atom. The molecule has 0 fully saturated rings. The number of nitrogen functional groups attached to an aromatic ring is 1. The molecular formula is C13H10BrCl2N3O. The summed E-state index contributed by atoms with van der Waals surface area (Å²) in [5, 5.41) is 3.36. The van der Waals surface area contributed by atoms with Crippen LogP contribution < -0.4 is 11.1 Å². The first kappa shape index (κ1) is 15.1. The van der Waals surface area contributed by atoms with Crippen LogP contribution in [0.2, 0.25) is 10.2 Å². The van der Waals surface area contributed by atoms with Crippen LogP contribution in [0.5, 0.6) is 0 Å². The number of carbonyl (C=O) groups is 1. The van der Waals surface area contributed by atoms with Gasteiger partial charge in [0.2, 0.25) is 0 Å². The molecule has 20 heavy (non-hydrogen) atoms. The molecule has 0 radical (unpaired) electrons. The number of benzene rings is 1. The lowest BCUT2D eigenvalue weighted by molar-refractivity contribution is 0.102. The molecule has 2 aromatic rings. The molecule has 1 aromatic carbocycles. The van der Waals surface area contributed by atoms with E-state index in [4.69, 9.17) is 28.9 Å². The van der Waals surface area contributed by atoms with Crippen LogP contribution in [0.25, 0.3) is 0 Å². The van der Waals surface area contributed by atoms with Crippen molar-refractivity contribution in [3.05, 3.63) is 50.2 Å². The molecule has 0 aliphatic heterocycles. The molecule has 0 spiro atoms. The number of aromatic nitrogens is 1. The Morgan fingerprint density at radius 3 is 2.75 bits per heavy atom. The molecule has 4 nitrogen and oxygen atoms in total. The molecule has 0 bridgehead atoms. The zero-order chi connectivity index (χ0) is 14.9. The van der Waals surface area contributed by atoms with Gasteiger partial charge in [-0.25, -0.2) is 4.98 Å². The second-order valence-electron chi connectivity index (χ2n) is 4.14. The van der Waals surface area contributed by atoms with Crippen molar-refractivity contribution in [1.82, 2.24) is 4.98 Å². The largest absolute Gasteiger partial charge is 0.397 e. The summed E-state index contributed by atoms with van der Waals surface area (Å²) in [5.41, 5.74) is 7.62. The highest BCUT2D eigenvalue weighted by Gasteiger charge is 2.14. The lowest BCUT2D eigenvalue weighted by Crippen LogP contribution is -2.14. The van der Waals surface area contributed by atoms with Crippen molar-refractivity contribution in [1.29, 1.82) is 0 Å². The number of pyridine rings is 1. The van der Waals surface area contributed by atoms with Crippen molar-refractivity contribution in [2.24, 2.45) is 0 Å². The van der Waals surface area contributed by atoms with Crippen LogP contribution in [0.15, 0.2) is 28.9 Å². The summed E-state index contributed by atoms with van der Waals surface area (Å²) >= 11 is 15.3. The predicted molar refractivity (Wildman–Crippen MR) is 85.5 cm³/mol. The van der Waals surface area contributed by atoms with Gasteiger partial charge in [-0.3, -0.25) is 4.79 Å². The summed E-state index contributed by atoms with van der Waals surface area (Å²) < 4.78 is 0.723.